The van der Waals surface area contributed by atoms with E-state index in [1.807, 2.05) is 25.1 Å². The number of nitrogens with one attached hydrogen (secondary N) is 3. The van der Waals surface area contributed by atoms with E-state index in [9.17, 15) is 14.4 Å². The maximum Gasteiger partial charge on any atom is 0.338 e. The van der Waals surface area contributed by atoms with Gasteiger partial charge in [-0.2, -0.15) is 0 Å². The lowest BCUT2D eigenvalue weighted by atomic mass is 9.94. The fourth-order valence-corrected chi connectivity index (χ4v) is 3.57. The van der Waals surface area contributed by atoms with Crippen LogP contribution in [0.25, 0.3) is 0 Å². The quantitative estimate of drug-likeness (QED) is 0.550. The molecule has 3 N–H and O–H groups in total. The van der Waals surface area contributed by atoms with Gasteiger partial charge in [0, 0.05) is 23.6 Å². The molecule has 0 radical (unpaired) electrons. The molecule has 3 rings (SSSR count). The summed E-state index contributed by atoms with van der Waals surface area (Å²) in [4.78, 5) is 39.1. The first kappa shape index (κ1) is 22.9. The normalized spacial score (nSPS) is 15.8. The second kappa shape index (κ2) is 10.5. The molecule has 32 heavy (non-hydrogen) atoms. The summed E-state index contributed by atoms with van der Waals surface area (Å²) >= 11 is 0. The fourth-order valence-electron chi connectivity index (χ4n) is 3.57. The predicted molar refractivity (Wildman–Crippen MR) is 123 cm³/mol. The van der Waals surface area contributed by atoms with Gasteiger partial charge < -0.3 is 20.7 Å². The number of nitrogens with zero attached hydrogens (tertiary/aromatic N) is 1. The van der Waals surface area contributed by atoms with Crippen molar-refractivity contribution in [3.05, 3.63) is 71.4 Å². The zero-order valence-electron chi connectivity index (χ0n) is 18.5. The van der Waals surface area contributed by atoms with Crippen molar-refractivity contribution in [2.75, 3.05) is 23.8 Å². The summed E-state index contributed by atoms with van der Waals surface area (Å²) in [6.45, 7) is 6.22. The molecule has 2 aromatic rings. The zero-order valence-corrected chi connectivity index (χ0v) is 18.5. The number of allylic oxidation sites excluding steroid dienone is 1. The molecule has 168 valence electrons. The number of anilines is 2. The number of benzene rings is 2. The van der Waals surface area contributed by atoms with Crippen LogP contribution in [0.5, 0.6) is 0 Å². The van der Waals surface area contributed by atoms with Crippen molar-refractivity contribution in [3.8, 4) is 0 Å². The monoisotopic (exact) mass is 436 g/mol. The third-order valence-electron chi connectivity index (χ3n) is 5.07. The topological polar surface area (TPSA) is 99.8 Å². The van der Waals surface area contributed by atoms with E-state index < -0.39 is 12.0 Å². The van der Waals surface area contributed by atoms with Crippen LogP contribution >= 0.6 is 0 Å². The predicted octanol–water partition coefficient (Wildman–Crippen LogP) is 4.64. The minimum Gasteiger partial charge on any atom is -0.463 e. The Kier molecular flexibility index (Phi) is 7.49. The van der Waals surface area contributed by atoms with Gasteiger partial charge in [0.1, 0.15) is 0 Å². The van der Waals surface area contributed by atoms with Crippen molar-refractivity contribution < 1.29 is 19.1 Å². The highest BCUT2D eigenvalue weighted by atomic mass is 16.5. The Labute approximate surface area is 187 Å². The number of para-hydroxylation sites is 1. The summed E-state index contributed by atoms with van der Waals surface area (Å²) in [6, 6.07) is 14.9. The van der Waals surface area contributed by atoms with Crippen LogP contribution < -0.4 is 16.0 Å². The van der Waals surface area contributed by atoms with Gasteiger partial charge in [0.2, 0.25) is 0 Å². The van der Waals surface area contributed by atoms with Crippen molar-refractivity contribution in [2.24, 2.45) is 0 Å². The highest BCUT2D eigenvalue weighted by molar-refractivity contribution is 5.99. The second-order valence-corrected chi connectivity index (χ2v) is 7.32. The third-order valence-corrected chi connectivity index (χ3v) is 5.07. The molecule has 0 unspecified atom stereocenters. The van der Waals surface area contributed by atoms with Gasteiger partial charge >= 0.3 is 18.0 Å². The van der Waals surface area contributed by atoms with Crippen molar-refractivity contribution in [1.29, 1.82) is 0 Å². The maximum atomic E-state index is 12.7. The molecule has 0 bridgehead atoms. The summed E-state index contributed by atoms with van der Waals surface area (Å²) in [7, 11) is 0. The smallest absolute Gasteiger partial charge is 0.338 e. The van der Waals surface area contributed by atoms with Crippen LogP contribution in [-0.4, -0.2) is 36.1 Å². The minimum absolute atomic E-state index is 0.240. The van der Waals surface area contributed by atoms with Gasteiger partial charge in [-0.3, -0.25) is 4.90 Å². The highest BCUT2D eigenvalue weighted by Crippen LogP contribution is 2.32. The van der Waals surface area contributed by atoms with Crippen LogP contribution in [-0.2, 0) is 9.53 Å². The van der Waals surface area contributed by atoms with Crippen molar-refractivity contribution in [2.45, 2.75) is 33.2 Å². The average molecular weight is 437 g/mol. The van der Waals surface area contributed by atoms with Gasteiger partial charge in [0.15, 0.2) is 0 Å². The standard InChI is InChI=1S/C24H28N4O4/c1-4-15-28-16(3)20(22(29)32-5-2)21(27-24(28)31)17-11-13-19(14-12-17)26-23(30)25-18-9-7-6-8-10-18/h6-14,21H,4-5,15H2,1-3H3,(H,27,31)(H2,25,26,30)/t21-/m0/s1. The number of hydrogen-bond donors (Lipinski definition) is 3. The van der Waals surface area contributed by atoms with Crippen LogP contribution in [0.15, 0.2) is 65.9 Å². The van der Waals surface area contributed by atoms with E-state index in [-0.39, 0.29) is 18.7 Å². The number of carbonyl (C=O) groups excluding carboxylic acids is 3. The summed E-state index contributed by atoms with van der Waals surface area (Å²) < 4.78 is 5.26. The molecule has 0 aromatic heterocycles. The Morgan fingerprint density at radius 3 is 2.22 bits per heavy atom. The van der Waals surface area contributed by atoms with Crippen LogP contribution in [0.2, 0.25) is 0 Å². The summed E-state index contributed by atoms with van der Waals surface area (Å²) in [5, 5.41) is 8.43. The molecule has 4 amide bonds. The number of esters is 1. The lowest BCUT2D eigenvalue weighted by Crippen LogP contribution is -2.48. The lowest BCUT2D eigenvalue weighted by molar-refractivity contribution is -0.139. The number of rotatable bonds is 7. The van der Waals surface area contributed by atoms with Crippen molar-refractivity contribution >= 4 is 29.4 Å². The summed E-state index contributed by atoms with van der Waals surface area (Å²) in [5.74, 6) is -0.458. The van der Waals surface area contributed by atoms with Crippen molar-refractivity contribution in [1.82, 2.24) is 10.2 Å². The number of urea groups is 2. The molecule has 8 heteroatoms. The van der Waals surface area contributed by atoms with Gasteiger partial charge in [0.05, 0.1) is 18.2 Å². The summed E-state index contributed by atoms with van der Waals surface area (Å²) in [5.41, 5.74) is 2.97. The molecule has 0 aliphatic carbocycles. The Morgan fingerprint density at radius 1 is 1.00 bits per heavy atom. The molecule has 1 aliphatic heterocycles. The largest absolute Gasteiger partial charge is 0.463 e. The molecule has 0 saturated carbocycles. The van der Waals surface area contributed by atoms with E-state index in [1.165, 1.54) is 0 Å². The molecule has 1 aliphatic rings. The Morgan fingerprint density at radius 2 is 1.62 bits per heavy atom. The van der Waals surface area contributed by atoms with Crippen LogP contribution in [0.4, 0.5) is 21.0 Å². The first-order chi connectivity index (χ1) is 15.4. The van der Waals surface area contributed by atoms with E-state index in [2.05, 4.69) is 16.0 Å². The SMILES string of the molecule is CCCN1C(=O)N[C@@H](c2ccc(NC(=O)Nc3ccccc3)cc2)C(C(=O)OCC)=C1C. The van der Waals surface area contributed by atoms with Gasteiger partial charge in [-0.25, -0.2) is 14.4 Å². The van der Waals surface area contributed by atoms with E-state index in [0.717, 1.165) is 6.42 Å². The molecule has 1 atom stereocenters. The molecular weight excluding hydrogens is 408 g/mol. The minimum atomic E-state index is -0.637. The van der Waals surface area contributed by atoms with Gasteiger partial charge in [0.25, 0.3) is 0 Å². The van der Waals surface area contributed by atoms with E-state index in [0.29, 0.717) is 34.8 Å². The second-order valence-electron chi connectivity index (χ2n) is 7.32. The van der Waals surface area contributed by atoms with Gasteiger partial charge in [-0.05, 0) is 50.1 Å². The fraction of sp³-hybridized carbons (Fsp3) is 0.292. The number of amides is 4. The van der Waals surface area contributed by atoms with E-state index in [4.69, 9.17) is 4.74 Å². The molecule has 0 spiro atoms. The molecular formula is C24H28N4O4. The Hall–Kier alpha value is -3.81. The van der Waals surface area contributed by atoms with Gasteiger partial charge in [-0.1, -0.05) is 37.3 Å². The van der Waals surface area contributed by atoms with Crippen LogP contribution in [0.3, 0.4) is 0 Å². The number of carbonyl (C=O) groups is 3. The highest BCUT2D eigenvalue weighted by Gasteiger charge is 2.36. The molecule has 1 heterocycles. The van der Waals surface area contributed by atoms with Crippen LogP contribution in [0, 0.1) is 0 Å². The van der Waals surface area contributed by atoms with Crippen molar-refractivity contribution in [3.63, 3.8) is 0 Å². The lowest BCUT2D eigenvalue weighted by Gasteiger charge is -2.35. The number of hydrogen-bond acceptors (Lipinski definition) is 4. The third kappa shape index (κ3) is 5.26. The first-order valence-corrected chi connectivity index (χ1v) is 10.6. The average Bonchev–Trinajstić information content (AvgIpc) is 2.77. The molecule has 2 aromatic carbocycles. The summed E-state index contributed by atoms with van der Waals surface area (Å²) in [6.07, 6.45) is 0.761. The Balaban J connectivity index is 1.80. The maximum absolute atomic E-state index is 12.7. The molecule has 0 saturated heterocycles. The Bertz CT molecular complexity index is 1000. The van der Waals surface area contributed by atoms with E-state index >= 15 is 0 Å². The molecule has 8 nitrogen and oxygen atoms in total. The van der Waals surface area contributed by atoms with E-state index in [1.54, 1.807) is 55.1 Å². The van der Waals surface area contributed by atoms with Crippen LogP contribution in [0.1, 0.15) is 38.8 Å². The molecule has 0 fully saturated rings. The first-order valence-electron chi connectivity index (χ1n) is 10.6. The zero-order chi connectivity index (χ0) is 23.1. The van der Waals surface area contributed by atoms with Gasteiger partial charge in [-0.15, -0.1) is 0 Å². The number of ether oxygens (including phenoxy) is 1.